The molecule has 0 bridgehead atoms. The number of nitrogens with zero attached hydrogens (tertiary/aromatic N) is 2. The van der Waals surface area contributed by atoms with Crippen molar-refractivity contribution in [3.8, 4) is 0 Å². The summed E-state index contributed by atoms with van der Waals surface area (Å²) in [7, 11) is 2.25. The van der Waals surface area contributed by atoms with Gasteiger partial charge >= 0.3 is 0 Å². The summed E-state index contributed by atoms with van der Waals surface area (Å²) in [6.45, 7) is 8.20. The molecule has 3 heteroatoms. The summed E-state index contributed by atoms with van der Waals surface area (Å²) in [5.41, 5.74) is 6.40. The van der Waals surface area contributed by atoms with E-state index in [4.69, 9.17) is 5.73 Å². The molecule has 2 fully saturated rings. The summed E-state index contributed by atoms with van der Waals surface area (Å²) in [5.74, 6) is 0. The van der Waals surface area contributed by atoms with Gasteiger partial charge in [-0.05, 0) is 57.8 Å². The van der Waals surface area contributed by atoms with Crippen molar-refractivity contribution >= 4 is 0 Å². The monoisotopic (exact) mass is 225 g/mol. The van der Waals surface area contributed by atoms with Crippen molar-refractivity contribution in [2.24, 2.45) is 11.1 Å². The van der Waals surface area contributed by atoms with Crippen LogP contribution in [0.15, 0.2) is 0 Å². The zero-order valence-electron chi connectivity index (χ0n) is 10.9. The van der Waals surface area contributed by atoms with Crippen LogP contribution in [-0.2, 0) is 0 Å². The molecule has 2 N–H and O–H groups in total. The average Bonchev–Trinajstić information content (AvgIpc) is 3.06. The maximum absolute atomic E-state index is 5.90. The highest BCUT2D eigenvalue weighted by Crippen LogP contribution is 2.45. The summed E-state index contributed by atoms with van der Waals surface area (Å²) in [4.78, 5) is 5.19. The largest absolute Gasteiger partial charge is 0.330 e. The molecule has 0 amide bonds. The molecule has 1 aliphatic carbocycles. The van der Waals surface area contributed by atoms with Crippen molar-refractivity contribution in [1.29, 1.82) is 0 Å². The van der Waals surface area contributed by atoms with E-state index >= 15 is 0 Å². The van der Waals surface area contributed by atoms with Gasteiger partial charge in [0, 0.05) is 19.1 Å². The Morgan fingerprint density at radius 1 is 1.31 bits per heavy atom. The molecule has 0 aromatic carbocycles. The number of hydrogen-bond donors (Lipinski definition) is 1. The van der Waals surface area contributed by atoms with Crippen molar-refractivity contribution in [1.82, 2.24) is 9.80 Å². The Bertz CT molecular complexity index is 225. The van der Waals surface area contributed by atoms with Crippen molar-refractivity contribution in [2.75, 3.05) is 39.8 Å². The van der Waals surface area contributed by atoms with Gasteiger partial charge in [0.2, 0.25) is 0 Å². The fraction of sp³-hybridized carbons (Fsp3) is 1.00. The highest BCUT2D eigenvalue weighted by Gasteiger charge is 2.43. The van der Waals surface area contributed by atoms with Crippen LogP contribution in [0.1, 0.15) is 32.6 Å². The smallest absolute Gasteiger partial charge is 0.0220 e. The van der Waals surface area contributed by atoms with Crippen molar-refractivity contribution in [3.05, 3.63) is 0 Å². The first kappa shape index (κ1) is 12.3. The molecule has 0 aromatic heterocycles. The Labute approximate surface area is 100.0 Å². The number of likely N-dealkylation sites (N-methyl/N-ethyl adjacent to an activating group) is 1. The molecular formula is C13H27N3. The quantitative estimate of drug-likeness (QED) is 0.779. The molecule has 0 aromatic rings. The van der Waals surface area contributed by atoms with Gasteiger partial charge < -0.3 is 10.6 Å². The summed E-state index contributed by atoms with van der Waals surface area (Å²) in [5, 5.41) is 0. The van der Waals surface area contributed by atoms with Crippen LogP contribution in [-0.4, -0.2) is 55.6 Å². The van der Waals surface area contributed by atoms with Gasteiger partial charge in [-0.2, -0.15) is 0 Å². The molecule has 1 unspecified atom stereocenters. The Kier molecular flexibility index (Phi) is 3.88. The molecule has 0 radical (unpaired) electrons. The van der Waals surface area contributed by atoms with Gasteiger partial charge in [0.25, 0.3) is 0 Å². The predicted molar refractivity (Wildman–Crippen MR) is 68.5 cm³/mol. The average molecular weight is 225 g/mol. The van der Waals surface area contributed by atoms with E-state index in [9.17, 15) is 0 Å². The Morgan fingerprint density at radius 3 is 2.62 bits per heavy atom. The van der Waals surface area contributed by atoms with E-state index < -0.39 is 0 Å². The zero-order valence-corrected chi connectivity index (χ0v) is 10.9. The predicted octanol–water partition coefficient (Wildman–Crippen LogP) is 1.14. The standard InChI is InChI=1S/C13H27N3/c1-3-12-9-15(2)7-4-8-16(12)11-13(10-14)5-6-13/h12H,3-11,14H2,1-2H3. The second kappa shape index (κ2) is 5.03. The van der Waals surface area contributed by atoms with Crippen LogP contribution in [0.5, 0.6) is 0 Å². The lowest BCUT2D eigenvalue weighted by Gasteiger charge is -2.33. The third-order valence-electron chi connectivity index (χ3n) is 4.42. The number of nitrogens with two attached hydrogens (primary N) is 1. The van der Waals surface area contributed by atoms with Gasteiger partial charge in [0.1, 0.15) is 0 Å². The van der Waals surface area contributed by atoms with Crippen LogP contribution < -0.4 is 5.73 Å². The minimum atomic E-state index is 0.496. The van der Waals surface area contributed by atoms with Gasteiger partial charge in [0.15, 0.2) is 0 Å². The van der Waals surface area contributed by atoms with Gasteiger partial charge in [-0.1, -0.05) is 6.92 Å². The summed E-state index contributed by atoms with van der Waals surface area (Å²) in [6, 6.07) is 0.747. The summed E-state index contributed by atoms with van der Waals surface area (Å²) >= 11 is 0. The third-order valence-corrected chi connectivity index (χ3v) is 4.42. The van der Waals surface area contributed by atoms with E-state index in [1.807, 2.05) is 0 Å². The maximum atomic E-state index is 5.90. The molecular weight excluding hydrogens is 198 g/mol. The van der Waals surface area contributed by atoms with Crippen molar-refractivity contribution < 1.29 is 0 Å². The lowest BCUT2D eigenvalue weighted by Crippen LogP contribution is -2.44. The third kappa shape index (κ3) is 2.76. The molecule has 1 saturated carbocycles. The normalized spacial score (nSPS) is 31.3. The maximum Gasteiger partial charge on any atom is 0.0220 e. The van der Waals surface area contributed by atoms with Crippen LogP contribution in [0, 0.1) is 5.41 Å². The van der Waals surface area contributed by atoms with Crippen LogP contribution in [0.2, 0.25) is 0 Å². The van der Waals surface area contributed by atoms with Crippen molar-refractivity contribution in [2.45, 2.75) is 38.6 Å². The lowest BCUT2D eigenvalue weighted by molar-refractivity contribution is 0.152. The van der Waals surface area contributed by atoms with E-state index in [1.54, 1.807) is 0 Å². The first-order valence-corrected chi connectivity index (χ1v) is 6.82. The van der Waals surface area contributed by atoms with Gasteiger partial charge in [-0.15, -0.1) is 0 Å². The Morgan fingerprint density at radius 2 is 2.06 bits per heavy atom. The first-order chi connectivity index (χ1) is 7.69. The van der Waals surface area contributed by atoms with Gasteiger partial charge in [-0.3, -0.25) is 4.90 Å². The molecule has 1 heterocycles. The van der Waals surface area contributed by atoms with Crippen LogP contribution >= 0.6 is 0 Å². The van der Waals surface area contributed by atoms with Gasteiger partial charge in [0.05, 0.1) is 0 Å². The van der Waals surface area contributed by atoms with Gasteiger partial charge in [-0.25, -0.2) is 0 Å². The zero-order chi connectivity index (χ0) is 11.6. The molecule has 1 atom stereocenters. The fourth-order valence-electron chi connectivity index (χ4n) is 2.92. The molecule has 3 nitrogen and oxygen atoms in total. The fourth-order valence-corrected chi connectivity index (χ4v) is 2.92. The van der Waals surface area contributed by atoms with Crippen molar-refractivity contribution in [3.63, 3.8) is 0 Å². The topological polar surface area (TPSA) is 32.5 Å². The Balaban J connectivity index is 1.94. The number of hydrogen-bond acceptors (Lipinski definition) is 3. The molecule has 94 valence electrons. The molecule has 16 heavy (non-hydrogen) atoms. The van der Waals surface area contributed by atoms with Crippen LogP contribution in [0.3, 0.4) is 0 Å². The molecule has 2 rings (SSSR count). The minimum absolute atomic E-state index is 0.496. The van der Waals surface area contributed by atoms with Crippen LogP contribution in [0.4, 0.5) is 0 Å². The van der Waals surface area contributed by atoms with E-state index in [2.05, 4.69) is 23.8 Å². The number of rotatable bonds is 4. The molecule has 0 spiro atoms. The Hall–Kier alpha value is -0.120. The van der Waals surface area contributed by atoms with E-state index in [0.29, 0.717) is 5.41 Å². The van der Waals surface area contributed by atoms with E-state index in [1.165, 1.54) is 51.9 Å². The molecule has 1 aliphatic heterocycles. The SMILES string of the molecule is CCC1CN(C)CCCN1CC1(CN)CC1. The summed E-state index contributed by atoms with van der Waals surface area (Å²) < 4.78 is 0. The molecule has 2 aliphatic rings. The highest BCUT2D eigenvalue weighted by atomic mass is 15.2. The highest BCUT2D eigenvalue weighted by molar-refractivity contribution is 4.97. The molecule has 1 saturated heterocycles. The lowest BCUT2D eigenvalue weighted by atomic mass is 10.0. The van der Waals surface area contributed by atoms with Crippen LogP contribution in [0.25, 0.3) is 0 Å². The summed E-state index contributed by atoms with van der Waals surface area (Å²) in [6.07, 6.45) is 5.29. The second-order valence-corrected chi connectivity index (χ2v) is 5.85. The van der Waals surface area contributed by atoms with E-state index in [0.717, 1.165) is 12.6 Å². The minimum Gasteiger partial charge on any atom is -0.330 e. The first-order valence-electron chi connectivity index (χ1n) is 6.82. The van der Waals surface area contributed by atoms with E-state index in [-0.39, 0.29) is 0 Å². The second-order valence-electron chi connectivity index (χ2n) is 5.85.